The van der Waals surface area contributed by atoms with E-state index >= 15 is 0 Å². The Labute approximate surface area is 234 Å². The zero-order chi connectivity index (χ0) is 29.2. The lowest BCUT2D eigenvalue weighted by molar-refractivity contribution is -0.137. The predicted molar refractivity (Wildman–Crippen MR) is 150 cm³/mol. The van der Waals surface area contributed by atoms with Crippen molar-refractivity contribution in [3.05, 3.63) is 48.2 Å². The van der Waals surface area contributed by atoms with Gasteiger partial charge in [-0.1, -0.05) is 0 Å². The minimum atomic E-state index is -3.67. The van der Waals surface area contributed by atoms with Crippen molar-refractivity contribution < 1.29 is 32.6 Å². The highest BCUT2D eigenvalue weighted by atomic mass is 32.2. The quantitative estimate of drug-likeness (QED) is 0.391. The SMILES string of the molecule is CC(C)Oc1ccc(S(=O)(=O)N2CCC(c3cn(CC(=O)O)c4nc(NC(=O)OC(C)(C)C)ccc34)CC2)cc1. The Morgan fingerprint density at radius 3 is 2.33 bits per heavy atom. The number of hydrogen-bond donors (Lipinski definition) is 2. The molecule has 11 nitrogen and oxygen atoms in total. The summed E-state index contributed by atoms with van der Waals surface area (Å²) in [6.07, 6.45) is 2.23. The molecule has 1 saturated heterocycles. The molecule has 0 aliphatic carbocycles. The number of carbonyl (C=O) groups is 2. The third kappa shape index (κ3) is 6.92. The number of sulfonamides is 1. The maximum atomic E-state index is 13.3. The number of aliphatic carboxylic acids is 1. The van der Waals surface area contributed by atoms with Gasteiger partial charge in [0.1, 0.15) is 29.4 Å². The monoisotopic (exact) mass is 572 g/mol. The van der Waals surface area contributed by atoms with E-state index in [4.69, 9.17) is 9.47 Å². The van der Waals surface area contributed by atoms with Crippen molar-refractivity contribution >= 4 is 38.9 Å². The highest BCUT2D eigenvalue weighted by Gasteiger charge is 2.31. The second kappa shape index (κ2) is 11.5. The third-order valence-corrected chi connectivity index (χ3v) is 8.33. The molecule has 1 aromatic carbocycles. The maximum absolute atomic E-state index is 13.3. The molecule has 12 heteroatoms. The normalized spacial score (nSPS) is 15.3. The smallest absolute Gasteiger partial charge is 0.413 e. The van der Waals surface area contributed by atoms with Crippen LogP contribution in [0.5, 0.6) is 5.75 Å². The lowest BCUT2D eigenvalue weighted by Crippen LogP contribution is -2.37. The first-order valence-corrected chi connectivity index (χ1v) is 14.7. The first kappa shape index (κ1) is 29.3. The molecule has 0 saturated carbocycles. The number of carbonyl (C=O) groups excluding carboxylic acids is 1. The van der Waals surface area contributed by atoms with E-state index in [0.29, 0.717) is 37.3 Å². The molecule has 216 valence electrons. The molecule has 3 heterocycles. The van der Waals surface area contributed by atoms with Gasteiger partial charge in [0.05, 0.1) is 11.0 Å². The molecule has 1 fully saturated rings. The molecule has 3 aromatic rings. The van der Waals surface area contributed by atoms with Crippen LogP contribution in [0.15, 0.2) is 47.5 Å². The fraction of sp³-hybridized carbons (Fsp3) is 0.464. The highest BCUT2D eigenvalue weighted by molar-refractivity contribution is 7.89. The Bertz CT molecular complexity index is 1480. The Morgan fingerprint density at radius 1 is 1.10 bits per heavy atom. The molecule has 0 atom stereocenters. The first-order chi connectivity index (χ1) is 18.7. The maximum Gasteiger partial charge on any atom is 0.413 e. The van der Waals surface area contributed by atoms with E-state index in [-0.39, 0.29) is 29.3 Å². The Kier molecular flexibility index (Phi) is 8.41. The first-order valence-electron chi connectivity index (χ1n) is 13.2. The number of anilines is 1. The molecule has 1 amide bonds. The lowest BCUT2D eigenvalue weighted by atomic mass is 9.90. The van der Waals surface area contributed by atoms with Gasteiger partial charge in [0, 0.05) is 24.7 Å². The van der Waals surface area contributed by atoms with E-state index in [1.807, 2.05) is 13.8 Å². The van der Waals surface area contributed by atoms with Gasteiger partial charge >= 0.3 is 12.1 Å². The predicted octanol–water partition coefficient (Wildman–Crippen LogP) is 4.82. The Morgan fingerprint density at radius 2 is 1.75 bits per heavy atom. The van der Waals surface area contributed by atoms with Gasteiger partial charge in [-0.3, -0.25) is 10.1 Å². The summed E-state index contributed by atoms with van der Waals surface area (Å²) in [4.78, 5) is 28.5. The fourth-order valence-electron chi connectivity index (χ4n) is 4.78. The van der Waals surface area contributed by atoms with Crippen LogP contribution in [0.2, 0.25) is 0 Å². The van der Waals surface area contributed by atoms with Gasteiger partial charge in [0.2, 0.25) is 10.0 Å². The number of ether oxygens (including phenoxy) is 2. The van der Waals surface area contributed by atoms with Crippen molar-refractivity contribution in [3.63, 3.8) is 0 Å². The van der Waals surface area contributed by atoms with Crippen molar-refractivity contribution in [1.29, 1.82) is 0 Å². The largest absolute Gasteiger partial charge is 0.491 e. The van der Waals surface area contributed by atoms with Crippen molar-refractivity contribution in [2.24, 2.45) is 0 Å². The average Bonchev–Trinajstić information content (AvgIpc) is 3.20. The summed E-state index contributed by atoms with van der Waals surface area (Å²) < 4.78 is 40.5. The molecule has 2 N–H and O–H groups in total. The molecular formula is C28H36N4O7S. The summed E-state index contributed by atoms with van der Waals surface area (Å²) in [6.45, 7) is 9.42. The molecule has 0 bridgehead atoms. The van der Waals surface area contributed by atoms with Crippen LogP contribution in [-0.2, 0) is 26.1 Å². The van der Waals surface area contributed by atoms with Gasteiger partial charge in [0.15, 0.2) is 0 Å². The molecule has 0 radical (unpaired) electrons. The highest BCUT2D eigenvalue weighted by Crippen LogP contribution is 2.36. The van der Waals surface area contributed by atoms with Crippen molar-refractivity contribution in [3.8, 4) is 5.75 Å². The summed E-state index contributed by atoms with van der Waals surface area (Å²) in [5.41, 5.74) is 0.642. The van der Waals surface area contributed by atoms with Gasteiger partial charge in [0.25, 0.3) is 0 Å². The van der Waals surface area contributed by atoms with E-state index in [9.17, 15) is 23.1 Å². The zero-order valence-electron chi connectivity index (χ0n) is 23.4. The van der Waals surface area contributed by atoms with Crippen LogP contribution < -0.4 is 10.1 Å². The van der Waals surface area contributed by atoms with E-state index in [1.54, 1.807) is 63.4 Å². The van der Waals surface area contributed by atoms with Crippen LogP contribution in [0.3, 0.4) is 0 Å². The Balaban J connectivity index is 1.52. The number of amides is 1. The standard InChI is InChI=1S/C28H36N4O7S/c1-18(2)38-20-6-8-21(9-7-20)40(36,37)32-14-12-19(13-15-32)23-16-31(17-25(33)34)26-22(23)10-11-24(29-26)30-27(35)39-28(3,4)5/h6-11,16,18-19H,12-15,17H2,1-5H3,(H,33,34)(H,29,30,35). The number of piperidine rings is 1. The van der Waals surface area contributed by atoms with Crippen LogP contribution in [-0.4, -0.2) is 64.2 Å². The number of rotatable bonds is 8. The summed E-state index contributed by atoms with van der Waals surface area (Å²) in [7, 11) is -3.67. The van der Waals surface area contributed by atoms with Crippen LogP contribution in [0.25, 0.3) is 11.0 Å². The molecule has 0 spiro atoms. The second-order valence-corrected chi connectivity index (χ2v) is 13.1. The van der Waals surface area contributed by atoms with Crippen molar-refractivity contribution in [2.75, 3.05) is 18.4 Å². The second-order valence-electron chi connectivity index (χ2n) is 11.1. The topological polar surface area (TPSA) is 140 Å². The number of fused-ring (bicyclic) bond motifs is 1. The number of pyridine rings is 1. The summed E-state index contributed by atoms with van der Waals surface area (Å²) in [5.74, 6) is -0.161. The zero-order valence-corrected chi connectivity index (χ0v) is 24.2. The van der Waals surface area contributed by atoms with Crippen LogP contribution in [0, 0.1) is 0 Å². The van der Waals surface area contributed by atoms with Gasteiger partial charge < -0.3 is 19.1 Å². The molecular weight excluding hydrogens is 536 g/mol. The number of carboxylic acid groups (broad SMARTS) is 1. The third-order valence-electron chi connectivity index (χ3n) is 6.41. The summed E-state index contributed by atoms with van der Waals surface area (Å²) in [5, 5.41) is 12.8. The molecule has 1 aliphatic rings. The number of nitrogens with one attached hydrogen (secondary N) is 1. The molecule has 0 unspecified atom stereocenters. The van der Waals surface area contributed by atoms with Gasteiger partial charge in [-0.2, -0.15) is 4.31 Å². The molecule has 2 aromatic heterocycles. The van der Waals surface area contributed by atoms with Gasteiger partial charge in [-0.25, -0.2) is 18.2 Å². The fourth-order valence-corrected chi connectivity index (χ4v) is 6.25. The van der Waals surface area contributed by atoms with E-state index < -0.39 is 27.7 Å². The van der Waals surface area contributed by atoms with Crippen LogP contribution in [0.4, 0.5) is 10.6 Å². The Hall–Kier alpha value is -3.64. The van der Waals surface area contributed by atoms with E-state index in [0.717, 1.165) is 10.9 Å². The minimum Gasteiger partial charge on any atom is -0.491 e. The van der Waals surface area contributed by atoms with Gasteiger partial charge in [-0.15, -0.1) is 0 Å². The van der Waals surface area contributed by atoms with Gasteiger partial charge in [-0.05, 0) is 95.3 Å². The minimum absolute atomic E-state index is 0.00837. The molecule has 40 heavy (non-hydrogen) atoms. The summed E-state index contributed by atoms with van der Waals surface area (Å²) in [6, 6.07) is 9.89. The molecule has 4 rings (SSSR count). The average molecular weight is 573 g/mol. The van der Waals surface area contributed by atoms with E-state index in [2.05, 4.69) is 10.3 Å². The number of nitrogens with zero attached hydrogens (tertiary/aromatic N) is 3. The number of carboxylic acids is 1. The van der Waals surface area contributed by atoms with Crippen molar-refractivity contribution in [2.45, 2.75) is 76.5 Å². The van der Waals surface area contributed by atoms with Crippen LogP contribution in [0.1, 0.15) is 58.9 Å². The number of benzene rings is 1. The molecule has 1 aliphatic heterocycles. The van der Waals surface area contributed by atoms with Crippen LogP contribution >= 0.6 is 0 Å². The summed E-state index contributed by atoms with van der Waals surface area (Å²) >= 11 is 0. The van der Waals surface area contributed by atoms with E-state index in [1.165, 1.54) is 8.87 Å². The number of aromatic nitrogens is 2. The number of hydrogen-bond acceptors (Lipinski definition) is 7. The lowest BCUT2D eigenvalue weighted by Gasteiger charge is -2.31. The van der Waals surface area contributed by atoms with Crippen molar-refractivity contribution in [1.82, 2.24) is 13.9 Å².